The average molecular weight is 354 g/mol. The second-order valence-corrected chi connectivity index (χ2v) is 5.10. The lowest BCUT2D eigenvalue weighted by Crippen LogP contribution is -2.01. The van der Waals surface area contributed by atoms with Gasteiger partial charge in [-0.05, 0) is 58.5 Å². The monoisotopic (exact) mass is 354 g/mol. The SMILES string of the molecule is COc1ccc(CNc2ccc(N)cc2I)cc1. The van der Waals surface area contributed by atoms with Crippen LogP contribution in [-0.2, 0) is 6.54 Å². The molecular weight excluding hydrogens is 339 g/mol. The maximum Gasteiger partial charge on any atom is 0.118 e. The van der Waals surface area contributed by atoms with Crippen molar-refractivity contribution in [1.82, 2.24) is 0 Å². The summed E-state index contributed by atoms with van der Waals surface area (Å²) >= 11 is 2.28. The molecule has 3 N–H and O–H groups in total. The predicted molar refractivity (Wildman–Crippen MR) is 83.9 cm³/mol. The van der Waals surface area contributed by atoms with E-state index in [1.807, 2.05) is 30.3 Å². The molecule has 0 saturated heterocycles. The third-order valence-corrected chi connectivity index (χ3v) is 3.53. The van der Waals surface area contributed by atoms with Gasteiger partial charge in [-0.2, -0.15) is 0 Å². The van der Waals surface area contributed by atoms with Crippen molar-refractivity contribution in [1.29, 1.82) is 0 Å². The molecule has 0 fully saturated rings. The lowest BCUT2D eigenvalue weighted by atomic mass is 10.2. The van der Waals surface area contributed by atoms with E-state index in [0.29, 0.717) is 0 Å². The van der Waals surface area contributed by atoms with Gasteiger partial charge in [0, 0.05) is 21.5 Å². The van der Waals surface area contributed by atoms with E-state index in [1.54, 1.807) is 7.11 Å². The summed E-state index contributed by atoms with van der Waals surface area (Å²) < 4.78 is 6.25. The minimum atomic E-state index is 0.782. The molecule has 2 rings (SSSR count). The van der Waals surface area contributed by atoms with E-state index in [-0.39, 0.29) is 0 Å². The molecule has 0 atom stereocenters. The average Bonchev–Trinajstić information content (AvgIpc) is 2.38. The Bertz CT molecular complexity index is 526. The zero-order valence-electron chi connectivity index (χ0n) is 10.1. The summed E-state index contributed by atoms with van der Waals surface area (Å²) in [6, 6.07) is 13.9. The molecule has 2 aromatic carbocycles. The van der Waals surface area contributed by atoms with Crippen LogP contribution in [0.15, 0.2) is 42.5 Å². The molecule has 4 heteroatoms. The first-order valence-electron chi connectivity index (χ1n) is 5.61. The van der Waals surface area contributed by atoms with E-state index in [0.717, 1.165) is 27.2 Å². The Labute approximate surface area is 120 Å². The van der Waals surface area contributed by atoms with Crippen LogP contribution >= 0.6 is 22.6 Å². The number of hydrogen-bond acceptors (Lipinski definition) is 3. The third-order valence-electron chi connectivity index (χ3n) is 2.64. The van der Waals surface area contributed by atoms with Gasteiger partial charge in [0.1, 0.15) is 5.75 Å². The van der Waals surface area contributed by atoms with Gasteiger partial charge in [0.15, 0.2) is 0 Å². The van der Waals surface area contributed by atoms with Gasteiger partial charge in [-0.3, -0.25) is 0 Å². The summed E-state index contributed by atoms with van der Waals surface area (Å²) in [5, 5.41) is 3.39. The largest absolute Gasteiger partial charge is 0.497 e. The molecule has 0 aromatic heterocycles. The predicted octanol–water partition coefficient (Wildman–Crippen LogP) is 3.49. The second kappa shape index (κ2) is 5.95. The fourth-order valence-corrected chi connectivity index (χ4v) is 2.35. The van der Waals surface area contributed by atoms with E-state index in [1.165, 1.54) is 5.56 Å². The number of benzene rings is 2. The Morgan fingerprint density at radius 3 is 2.50 bits per heavy atom. The maximum atomic E-state index is 5.72. The number of nitrogen functional groups attached to an aromatic ring is 1. The van der Waals surface area contributed by atoms with Gasteiger partial charge in [0.05, 0.1) is 7.11 Å². The number of nitrogens with one attached hydrogen (secondary N) is 1. The number of methoxy groups -OCH3 is 1. The molecule has 0 aliphatic carbocycles. The summed E-state index contributed by atoms with van der Waals surface area (Å²) in [7, 11) is 1.67. The van der Waals surface area contributed by atoms with Crippen molar-refractivity contribution in [3.8, 4) is 5.75 Å². The highest BCUT2D eigenvalue weighted by molar-refractivity contribution is 14.1. The Morgan fingerprint density at radius 2 is 1.89 bits per heavy atom. The van der Waals surface area contributed by atoms with Crippen LogP contribution in [-0.4, -0.2) is 7.11 Å². The van der Waals surface area contributed by atoms with Crippen LogP contribution in [0.3, 0.4) is 0 Å². The fourth-order valence-electron chi connectivity index (χ4n) is 1.62. The van der Waals surface area contributed by atoms with Crippen molar-refractivity contribution < 1.29 is 4.74 Å². The van der Waals surface area contributed by atoms with Crippen LogP contribution < -0.4 is 15.8 Å². The van der Waals surface area contributed by atoms with Crippen LogP contribution in [0.2, 0.25) is 0 Å². The number of halogens is 1. The number of nitrogens with two attached hydrogens (primary N) is 1. The van der Waals surface area contributed by atoms with Crippen LogP contribution in [0.5, 0.6) is 5.75 Å². The molecule has 3 nitrogen and oxygen atoms in total. The van der Waals surface area contributed by atoms with Gasteiger partial charge in [-0.15, -0.1) is 0 Å². The van der Waals surface area contributed by atoms with Gasteiger partial charge in [0.25, 0.3) is 0 Å². The first-order chi connectivity index (χ1) is 8.69. The molecule has 0 aliphatic heterocycles. The van der Waals surface area contributed by atoms with Crippen molar-refractivity contribution in [2.45, 2.75) is 6.54 Å². The van der Waals surface area contributed by atoms with Crippen molar-refractivity contribution in [2.75, 3.05) is 18.2 Å². The molecule has 94 valence electrons. The molecule has 0 aliphatic rings. The summed E-state index contributed by atoms with van der Waals surface area (Å²) in [6.07, 6.45) is 0. The van der Waals surface area contributed by atoms with Crippen molar-refractivity contribution in [3.63, 3.8) is 0 Å². The van der Waals surface area contributed by atoms with E-state index >= 15 is 0 Å². The van der Waals surface area contributed by atoms with Crippen LogP contribution in [0.4, 0.5) is 11.4 Å². The van der Waals surface area contributed by atoms with Gasteiger partial charge < -0.3 is 15.8 Å². The first-order valence-corrected chi connectivity index (χ1v) is 6.69. The Hall–Kier alpha value is -1.43. The highest BCUT2D eigenvalue weighted by Crippen LogP contribution is 2.21. The number of anilines is 2. The minimum absolute atomic E-state index is 0.782. The lowest BCUT2D eigenvalue weighted by molar-refractivity contribution is 0.414. The molecule has 0 heterocycles. The lowest BCUT2D eigenvalue weighted by Gasteiger charge is -2.09. The molecule has 0 amide bonds. The minimum Gasteiger partial charge on any atom is -0.497 e. The zero-order chi connectivity index (χ0) is 13.0. The van der Waals surface area contributed by atoms with Crippen molar-refractivity contribution in [2.24, 2.45) is 0 Å². The van der Waals surface area contributed by atoms with Gasteiger partial charge in [-0.25, -0.2) is 0 Å². The summed E-state index contributed by atoms with van der Waals surface area (Å²) in [5.74, 6) is 0.876. The van der Waals surface area contributed by atoms with Gasteiger partial charge >= 0.3 is 0 Å². The molecule has 0 radical (unpaired) electrons. The zero-order valence-corrected chi connectivity index (χ0v) is 12.3. The number of rotatable bonds is 4. The molecule has 0 saturated carbocycles. The molecule has 18 heavy (non-hydrogen) atoms. The quantitative estimate of drug-likeness (QED) is 0.653. The summed E-state index contributed by atoms with van der Waals surface area (Å²) in [6.45, 7) is 0.782. The molecule has 0 unspecified atom stereocenters. The molecular formula is C14H15IN2O. The van der Waals surface area contributed by atoms with Gasteiger partial charge in [-0.1, -0.05) is 12.1 Å². The highest BCUT2D eigenvalue weighted by Gasteiger charge is 2.00. The van der Waals surface area contributed by atoms with E-state index in [2.05, 4.69) is 40.0 Å². The van der Waals surface area contributed by atoms with Crippen LogP contribution in [0.25, 0.3) is 0 Å². The summed E-state index contributed by atoms with van der Waals surface area (Å²) in [5.41, 5.74) is 8.82. The molecule has 2 aromatic rings. The summed E-state index contributed by atoms with van der Waals surface area (Å²) in [4.78, 5) is 0. The van der Waals surface area contributed by atoms with E-state index < -0.39 is 0 Å². The van der Waals surface area contributed by atoms with Crippen molar-refractivity contribution in [3.05, 3.63) is 51.6 Å². The first kappa shape index (κ1) is 13.0. The third kappa shape index (κ3) is 3.29. The Balaban J connectivity index is 2.02. The Kier molecular flexibility index (Phi) is 4.30. The maximum absolute atomic E-state index is 5.72. The second-order valence-electron chi connectivity index (χ2n) is 3.94. The van der Waals surface area contributed by atoms with Crippen LogP contribution in [0.1, 0.15) is 5.56 Å². The van der Waals surface area contributed by atoms with E-state index in [9.17, 15) is 0 Å². The number of ether oxygens (including phenoxy) is 1. The standard InChI is InChI=1S/C14H15IN2O/c1-18-12-5-2-10(3-6-12)9-17-14-7-4-11(16)8-13(14)15/h2-8,17H,9,16H2,1H3. The van der Waals surface area contributed by atoms with Crippen molar-refractivity contribution >= 4 is 34.0 Å². The molecule has 0 spiro atoms. The Morgan fingerprint density at radius 1 is 1.17 bits per heavy atom. The normalized spacial score (nSPS) is 10.1. The smallest absolute Gasteiger partial charge is 0.118 e. The topological polar surface area (TPSA) is 47.3 Å². The molecule has 0 bridgehead atoms. The fraction of sp³-hybridized carbons (Fsp3) is 0.143. The number of hydrogen-bond donors (Lipinski definition) is 2. The highest BCUT2D eigenvalue weighted by atomic mass is 127. The van der Waals surface area contributed by atoms with Crippen LogP contribution in [0, 0.1) is 3.57 Å². The van der Waals surface area contributed by atoms with Gasteiger partial charge in [0.2, 0.25) is 0 Å². The van der Waals surface area contributed by atoms with E-state index in [4.69, 9.17) is 10.5 Å².